The summed E-state index contributed by atoms with van der Waals surface area (Å²) in [4.78, 5) is 50.5. The maximum Gasteiger partial charge on any atom is 0.336 e. The Hall–Kier alpha value is -4.52. The van der Waals surface area contributed by atoms with Gasteiger partial charge >= 0.3 is 11.7 Å². The van der Waals surface area contributed by atoms with E-state index in [1.54, 1.807) is 24.3 Å². The van der Waals surface area contributed by atoms with Crippen LogP contribution in [-0.2, 0) is 19.4 Å². The molecule has 0 unspecified atom stereocenters. The third kappa shape index (κ3) is 5.72. The zero-order valence-electron chi connectivity index (χ0n) is 21.5. The molecule has 4 aromatic rings. The van der Waals surface area contributed by atoms with Gasteiger partial charge in [-0.1, -0.05) is 86.6 Å². The fourth-order valence-electron chi connectivity index (χ4n) is 4.56. The molecule has 0 bridgehead atoms. The lowest BCUT2D eigenvalue weighted by atomic mass is 9.98. The van der Waals surface area contributed by atoms with Gasteiger partial charge in [-0.3, -0.25) is 14.2 Å². The van der Waals surface area contributed by atoms with Crippen LogP contribution in [0.2, 0.25) is 0 Å². The predicted molar refractivity (Wildman–Crippen MR) is 146 cm³/mol. The van der Waals surface area contributed by atoms with E-state index in [1.807, 2.05) is 54.6 Å². The highest BCUT2D eigenvalue weighted by molar-refractivity contribution is 5.96. The number of benzene rings is 3. The van der Waals surface area contributed by atoms with Gasteiger partial charge in [0.1, 0.15) is 5.69 Å². The van der Waals surface area contributed by atoms with Crippen LogP contribution in [0.3, 0.4) is 0 Å². The molecule has 0 amide bonds. The van der Waals surface area contributed by atoms with Gasteiger partial charge in [-0.2, -0.15) is 0 Å². The largest absolute Gasteiger partial charge is 0.478 e. The summed E-state index contributed by atoms with van der Waals surface area (Å²) in [5.41, 5.74) is 3.20. The van der Waals surface area contributed by atoms with E-state index in [1.165, 1.54) is 4.57 Å². The Morgan fingerprint density at radius 3 is 2.18 bits per heavy atom. The van der Waals surface area contributed by atoms with Crippen molar-refractivity contribution in [1.82, 2.24) is 9.13 Å². The number of nitrogens with zero attached hydrogens (tertiary/aromatic N) is 2. The zero-order valence-corrected chi connectivity index (χ0v) is 21.5. The Morgan fingerprint density at radius 1 is 0.895 bits per heavy atom. The van der Waals surface area contributed by atoms with Gasteiger partial charge in [-0.15, -0.1) is 0 Å². The molecule has 4 rings (SSSR count). The van der Waals surface area contributed by atoms with Crippen molar-refractivity contribution in [1.29, 1.82) is 0 Å². The number of imidazole rings is 1. The highest BCUT2D eigenvalue weighted by atomic mass is 16.4. The normalized spacial score (nSPS) is 11.0. The number of aromatic carboxylic acids is 1. The molecule has 38 heavy (non-hydrogen) atoms. The van der Waals surface area contributed by atoms with Crippen molar-refractivity contribution in [3.05, 3.63) is 117 Å². The SMILES string of the molecule is CC(C)CCc1c(C=O)n(C(=O)Cc2ccccc2)c(=O)n1Cc1ccc(-c2ccccc2C(=O)O)cc1. The number of carbonyl (C=O) groups is 3. The maximum absolute atomic E-state index is 13.5. The minimum Gasteiger partial charge on any atom is -0.478 e. The molecule has 3 aromatic carbocycles. The van der Waals surface area contributed by atoms with Crippen molar-refractivity contribution in [3.63, 3.8) is 0 Å². The number of carboxylic acids is 1. The molecule has 0 atom stereocenters. The summed E-state index contributed by atoms with van der Waals surface area (Å²) in [6.07, 6.45) is 1.84. The van der Waals surface area contributed by atoms with E-state index in [4.69, 9.17) is 0 Å². The van der Waals surface area contributed by atoms with Gasteiger partial charge in [0.2, 0.25) is 5.91 Å². The molecule has 7 nitrogen and oxygen atoms in total. The average Bonchev–Trinajstić information content (AvgIpc) is 3.18. The second-order valence-electron chi connectivity index (χ2n) is 9.69. The number of carboxylic acid groups (broad SMARTS) is 1. The molecule has 1 heterocycles. The van der Waals surface area contributed by atoms with Gasteiger partial charge in [-0.05, 0) is 47.1 Å². The third-order valence-electron chi connectivity index (χ3n) is 6.57. The number of hydrogen-bond donors (Lipinski definition) is 1. The van der Waals surface area contributed by atoms with E-state index in [0.717, 1.165) is 27.7 Å². The Kier molecular flexibility index (Phi) is 8.16. The number of aromatic nitrogens is 2. The lowest BCUT2D eigenvalue weighted by molar-refractivity contribution is 0.0697. The molecule has 0 aliphatic heterocycles. The summed E-state index contributed by atoms with van der Waals surface area (Å²) in [6, 6.07) is 23.2. The Morgan fingerprint density at radius 2 is 1.55 bits per heavy atom. The molecule has 1 aromatic heterocycles. The average molecular weight is 511 g/mol. The van der Waals surface area contributed by atoms with Crippen molar-refractivity contribution in [2.75, 3.05) is 0 Å². The molecule has 1 N–H and O–H groups in total. The minimum absolute atomic E-state index is 0.00685. The van der Waals surface area contributed by atoms with Gasteiger partial charge < -0.3 is 5.11 Å². The highest BCUT2D eigenvalue weighted by Crippen LogP contribution is 2.25. The fourth-order valence-corrected chi connectivity index (χ4v) is 4.56. The molecule has 0 radical (unpaired) electrons. The third-order valence-corrected chi connectivity index (χ3v) is 6.57. The monoisotopic (exact) mass is 510 g/mol. The lowest BCUT2D eigenvalue weighted by Gasteiger charge is -2.11. The number of aldehydes is 1. The number of carbonyl (C=O) groups excluding carboxylic acids is 2. The Labute approximate surface area is 221 Å². The lowest BCUT2D eigenvalue weighted by Crippen LogP contribution is -2.31. The van der Waals surface area contributed by atoms with Crippen molar-refractivity contribution in [2.45, 2.75) is 39.7 Å². The van der Waals surface area contributed by atoms with E-state index >= 15 is 0 Å². The van der Waals surface area contributed by atoms with Crippen LogP contribution in [-0.4, -0.2) is 32.4 Å². The summed E-state index contributed by atoms with van der Waals surface area (Å²) in [6.45, 7) is 4.31. The van der Waals surface area contributed by atoms with Crippen LogP contribution in [0.4, 0.5) is 0 Å². The van der Waals surface area contributed by atoms with Crippen LogP contribution in [0.1, 0.15) is 62.7 Å². The van der Waals surface area contributed by atoms with Crippen molar-refractivity contribution < 1.29 is 19.5 Å². The molecule has 0 spiro atoms. The summed E-state index contributed by atoms with van der Waals surface area (Å²) in [7, 11) is 0. The fraction of sp³-hybridized carbons (Fsp3) is 0.226. The van der Waals surface area contributed by atoms with Crippen LogP contribution < -0.4 is 5.69 Å². The molecule has 0 aliphatic rings. The summed E-state index contributed by atoms with van der Waals surface area (Å²) < 4.78 is 2.52. The molecule has 194 valence electrons. The Bertz CT molecular complexity index is 1510. The zero-order chi connectivity index (χ0) is 27.2. The van der Waals surface area contributed by atoms with E-state index in [0.29, 0.717) is 29.9 Å². The van der Waals surface area contributed by atoms with Crippen molar-refractivity contribution in [3.8, 4) is 11.1 Å². The molecule has 0 saturated carbocycles. The first-order valence-electron chi connectivity index (χ1n) is 12.6. The second-order valence-corrected chi connectivity index (χ2v) is 9.69. The van der Waals surface area contributed by atoms with Crippen LogP contribution in [0, 0.1) is 5.92 Å². The predicted octanol–water partition coefficient (Wildman–Crippen LogP) is 5.35. The second kappa shape index (κ2) is 11.7. The highest BCUT2D eigenvalue weighted by Gasteiger charge is 2.24. The number of hydrogen-bond acceptors (Lipinski definition) is 4. The first kappa shape index (κ1) is 26.5. The topological polar surface area (TPSA) is 98.4 Å². The summed E-state index contributed by atoms with van der Waals surface area (Å²) >= 11 is 0. The van der Waals surface area contributed by atoms with Crippen molar-refractivity contribution in [2.24, 2.45) is 5.92 Å². The van der Waals surface area contributed by atoms with Gasteiger partial charge in [0.05, 0.1) is 24.2 Å². The van der Waals surface area contributed by atoms with Gasteiger partial charge in [0, 0.05) is 0 Å². The van der Waals surface area contributed by atoms with Crippen LogP contribution in [0.25, 0.3) is 11.1 Å². The van der Waals surface area contributed by atoms with E-state index in [9.17, 15) is 24.3 Å². The Balaban J connectivity index is 1.71. The van der Waals surface area contributed by atoms with E-state index in [2.05, 4.69) is 13.8 Å². The van der Waals surface area contributed by atoms with Crippen LogP contribution >= 0.6 is 0 Å². The van der Waals surface area contributed by atoms with Crippen LogP contribution in [0.5, 0.6) is 0 Å². The van der Waals surface area contributed by atoms with Crippen molar-refractivity contribution >= 4 is 18.2 Å². The molecule has 0 saturated heterocycles. The van der Waals surface area contributed by atoms with Gasteiger partial charge in [0.25, 0.3) is 0 Å². The van der Waals surface area contributed by atoms with Gasteiger partial charge in [0.15, 0.2) is 6.29 Å². The first-order valence-corrected chi connectivity index (χ1v) is 12.6. The van der Waals surface area contributed by atoms with E-state index in [-0.39, 0.29) is 24.2 Å². The maximum atomic E-state index is 13.5. The molecular weight excluding hydrogens is 480 g/mol. The summed E-state index contributed by atoms with van der Waals surface area (Å²) in [5, 5.41) is 9.52. The van der Waals surface area contributed by atoms with Gasteiger partial charge in [-0.25, -0.2) is 14.2 Å². The smallest absolute Gasteiger partial charge is 0.336 e. The summed E-state index contributed by atoms with van der Waals surface area (Å²) in [5.74, 6) is -1.11. The molecular formula is C31H30N2O5. The standard InChI is InChI=1S/C31H30N2O5/c1-21(2)12-17-27-28(20-34)33(29(35)18-22-8-4-3-5-9-22)31(38)32(27)19-23-13-15-24(16-14-23)25-10-6-7-11-26(25)30(36)37/h3-11,13-16,20-21H,12,17-19H2,1-2H3,(H,36,37). The molecule has 0 fully saturated rings. The quantitative estimate of drug-likeness (QED) is 0.290. The minimum atomic E-state index is -1.01. The first-order chi connectivity index (χ1) is 18.3. The molecule has 0 aliphatic carbocycles. The number of rotatable bonds is 10. The molecule has 7 heteroatoms. The van der Waals surface area contributed by atoms with E-state index < -0.39 is 17.6 Å². The van der Waals surface area contributed by atoms with Crippen LogP contribution in [0.15, 0.2) is 83.7 Å².